The van der Waals surface area contributed by atoms with E-state index in [0.29, 0.717) is 12.1 Å². The highest BCUT2D eigenvalue weighted by atomic mass is 79.9. The molecule has 90 valence electrons. The lowest BCUT2D eigenvalue weighted by atomic mass is 10.2. The van der Waals surface area contributed by atoms with E-state index in [1.165, 1.54) is 6.07 Å². The van der Waals surface area contributed by atoms with E-state index in [9.17, 15) is 4.39 Å². The average molecular weight is 290 g/mol. The van der Waals surface area contributed by atoms with Gasteiger partial charge in [-0.3, -0.25) is 0 Å². The standard InChI is InChI=1S/C12H17BrFNO/c1-15(6-2-3-7-16)9-10-8-11(13)4-5-12(10)14/h4-5,8,16H,2-3,6-7,9H2,1H3. The Kier molecular flexibility index (Phi) is 5.95. The van der Waals surface area contributed by atoms with Crippen LogP contribution in [0.4, 0.5) is 4.39 Å². The molecule has 0 amide bonds. The van der Waals surface area contributed by atoms with Crippen LogP contribution in [-0.2, 0) is 6.54 Å². The molecule has 1 aromatic rings. The number of aliphatic hydroxyl groups is 1. The molecular formula is C12H17BrFNO. The number of hydrogen-bond donors (Lipinski definition) is 1. The molecule has 0 aliphatic carbocycles. The third-order valence-corrected chi connectivity index (χ3v) is 2.89. The van der Waals surface area contributed by atoms with E-state index in [4.69, 9.17) is 5.11 Å². The number of rotatable bonds is 6. The molecule has 0 aliphatic heterocycles. The van der Waals surface area contributed by atoms with Gasteiger partial charge in [0.05, 0.1) is 0 Å². The highest BCUT2D eigenvalue weighted by Gasteiger charge is 2.06. The highest BCUT2D eigenvalue weighted by molar-refractivity contribution is 9.10. The first-order valence-electron chi connectivity index (χ1n) is 5.37. The molecule has 0 unspecified atom stereocenters. The Labute approximate surface area is 104 Å². The molecule has 4 heteroatoms. The van der Waals surface area contributed by atoms with Gasteiger partial charge in [0, 0.05) is 23.2 Å². The van der Waals surface area contributed by atoms with Gasteiger partial charge in [-0.2, -0.15) is 0 Å². The fourth-order valence-electron chi connectivity index (χ4n) is 1.53. The van der Waals surface area contributed by atoms with Gasteiger partial charge in [-0.15, -0.1) is 0 Å². The molecule has 0 fully saturated rings. The Bertz CT molecular complexity index is 333. The molecule has 0 atom stereocenters. The average Bonchev–Trinajstić information content (AvgIpc) is 2.24. The van der Waals surface area contributed by atoms with Crippen molar-refractivity contribution in [2.45, 2.75) is 19.4 Å². The van der Waals surface area contributed by atoms with E-state index in [-0.39, 0.29) is 12.4 Å². The largest absolute Gasteiger partial charge is 0.396 e. The topological polar surface area (TPSA) is 23.5 Å². The molecule has 1 aromatic carbocycles. The zero-order valence-electron chi connectivity index (χ0n) is 9.42. The molecule has 1 rings (SSSR count). The van der Waals surface area contributed by atoms with Crippen molar-refractivity contribution in [3.05, 3.63) is 34.1 Å². The zero-order valence-corrected chi connectivity index (χ0v) is 11.0. The van der Waals surface area contributed by atoms with Gasteiger partial charge in [0.1, 0.15) is 5.82 Å². The van der Waals surface area contributed by atoms with Crippen molar-refractivity contribution < 1.29 is 9.50 Å². The summed E-state index contributed by atoms with van der Waals surface area (Å²) >= 11 is 3.33. The van der Waals surface area contributed by atoms with E-state index in [1.807, 2.05) is 7.05 Å². The predicted molar refractivity (Wildman–Crippen MR) is 66.8 cm³/mol. The van der Waals surface area contributed by atoms with Crippen LogP contribution in [0.1, 0.15) is 18.4 Å². The first kappa shape index (κ1) is 13.6. The number of unbranched alkanes of at least 4 members (excludes halogenated alkanes) is 1. The van der Waals surface area contributed by atoms with Crippen LogP contribution in [0.5, 0.6) is 0 Å². The smallest absolute Gasteiger partial charge is 0.127 e. The molecular weight excluding hydrogens is 273 g/mol. The quantitative estimate of drug-likeness (QED) is 0.814. The first-order chi connectivity index (χ1) is 7.63. The molecule has 0 spiro atoms. The summed E-state index contributed by atoms with van der Waals surface area (Å²) in [5, 5.41) is 8.66. The van der Waals surface area contributed by atoms with Gasteiger partial charge in [0.15, 0.2) is 0 Å². The summed E-state index contributed by atoms with van der Waals surface area (Å²) in [7, 11) is 1.96. The molecule has 0 aliphatic rings. The lowest BCUT2D eigenvalue weighted by molar-refractivity contribution is 0.260. The van der Waals surface area contributed by atoms with Gasteiger partial charge < -0.3 is 10.0 Å². The second-order valence-corrected chi connectivity index (χ2v) is 4.82. The summed E-state index contributed by atoms with van der Waals surface area (Å²) in [6, 6.07) is 4.98. The van der Waals surface area contributed by atoms with E-state index < -0.39 is 0 Å². The van der Waals surface area contributed by atoms with Gasteiger partial charge in [0.25, 0.3) is 0 Å². The molecule has 0 aromatic heterocycles. The molecule has 2 nitrogen and oxygen atoms in total. The zero-order chi connectivity index (χ0) is 12.0. The van der Waals surface area contributed by atoms with Crippen LogP contribution in [0, 0.1) is 5.82 Å². The number of nitrogens with zero attached hydrogens (tertiary/aromatic N) is 1. The fourth-order valence-corrected chi connectivity index (χ4v) is 1.94. The maximum absolute atomic E-state index is 13.4. The van der Waals surface area contributed by atoms with Gasteiger partial charge in [0.2, 0.25) is 0 Å². The minimum absolute atomic E-state index is 0.169. The maximum atomic E-state index is 13.4. The molecule has 1 N–H and O–H groups in total. The first-order valence-corrected chi connectivity index (χ1v) is 6.16. The summed E-state index contributed by atoms with van der Waals surface area (Å²) in [6.07, 6.45) is 1.73. The molecule has 0 saturated heterocycles. The summed E-state index contributed by atoms with van der Waals surface area (Å²) in [5.74, 6) is -0.169. The molecule has 16 heavy (non-hydrogen) atoms. The van der Waals surface area contributed by atoms with E-state index >= 15 is 0 Å². The van der Waals surface area contributed by atoms with Gasteiger partial charge in [-0.25, -0.2) is 4.39 Å². The summed E-state index contributed by atoms with van der Waals surface area (Å²) in [4.78, 5) is 2.06. The predicted octanol–water partition coefficient (Wildman–Crippen LogP) is 2.79. The van der Waals surface area contributed by atoms with Crippen molar-refractivity contribution in [3.8, 4) is 0 Å². The number of halogens is 2. The lowest BCUT2D eigenvalue weighted by Gasteiger charge is -2.16. The third-order valence-electron chi connectivity index (χ3n) is 2.40. The number of benzene rings is 1. The van der Waals surface area contributed by atoms with Crippen molar-refractivity contribution in [2.24, 2.45) is 0 Å². The highest BCUT2D eigenvalue weighted by Crippen LogP contribution is 2.16. The van der Waals surface area contributed by atoms with Crippen LogP contribution < -0.4 is 0 Å². The van der Waals surface area contributed by atoms with Crippen molar-refractivity contribution in [3.63, 3.8) is 0 Å². The molecule has 0 radical (unpaired) electrons. The van der Waals surface area contributed by atoms with Gasteiger partial charge >= 0.3 is 0 Å². The van der Waals surface area contributed by atoms with E-state index in [1.54, 1.807) is 12.1 Å². The Balaban J connectivity index is 2.48. The number of aliphatic hydroxyl groups excluding tert-OH is 1. The monoisotopic (exact) mass is 289 g/mol. The maximum Gasteiger partial charge on any atom is 0.127 e. The van der Waals surface area contributed by atoms with E-state index in [0.717, 1.165) is 23.9 Å². The molecule has 0 heterocycles. The Morgan fingerprint density at radius 1 is 1.38 bits per heavy atom. The third kappa shape index (κ3) is 4.60. The van der Waals surface area contributed by atoms with Crippen molar-refractivity contribution in [1.29, 1.82) is 0 Å². The van der Waals surface area contributed by atoms with Crippen LogP contribution >= 0.6 is 15.9 Å². The minimum atomic E-state index is -0.169. The van der Waals surface area contributed by atoms with Gasteiger partial charge in [-0.05, 0) is 44.6 Å². The van der Waals surface area contributed by atoms with Crippen LogP contribution in [0.2, 0.25) is 0 Å². The SMILES string of the molecule is CN(CCCCO)Cc1cc(Br)ccc1F. The second-order valence-electron chi connectivity index (χ2n) is 3.90. The van der Waals surface area contributed by atoms with Crippen molar-refractivity contribution in [1.82, 2.24) is 4.90 Å². The van der Waals surface area contributed by atoms with Crippen molar-refractivity contribution in [2.75, 3.05) is 20.2 Å². The van der Waals surface area contributed by atoms with Crippen LogP contribution in [-0.4, -0.2) is 30.2 Å². The molecule has 0 saturated carbocycles. The Morgan fingerprint density at radius 3 is 2.81 bits per heavy atom. The van der Waals surface area contributed by atoms with E-state index in [2.05, 4.69) is 20.8 Å². The second kappa shape index (κ2) is 6.99. The van der Waals surface area contributed by atoms with Crippen LogP contribution in [0.3, 0.4) is 0 Å². The Morgan fingerprint density at radius 2 is 2.12 bits per heavy atom. The fraction of sp³-hybridized carbons (Fsp3) is 0.500. The van der Waals surface area contributed by atoms with Crippen LogP contribution in [0.15, 0.2) is 22.7 Å². The lowest BCUT2D eigenvalue weighted by Crippen LogP contribution is -2.20. The van der Waals surface area contributed by atoms with Gasteiger partial charge in [-0.1, -0.05) is 15.9 Å². The number of hydrogen-bond acceptors (Lipinski definition) is 2. The Hall–Kier alpha value is -0.450. The summed E-state index contributed by atoms with van der Waals surface area (Å²) < 4.78 is 14.3. The van der Waals surface area contributed by atoms with Crippen molar-refractivity contribution >= 4 is 15.9 Å². The molecule has 0 bridgehead atoms. The normalized spacial score (nSPS) is 11.1. The summed E-state index contributed by atoms with van der Waals surface area (Å²) in [5.41, 5.74) is 0.695. The summed E-state index contributed by atoms with van der Waals surface area (Å²) in [6.45, 7) is 1.68. The van der Waals surface area contributed by atoms with Crippen LogP contribution in [0.25, 0.3) is 0 Å². The minimum Gasteiger partial charge on any atom is -0.396 e.